The first kappa shape index (κ1) is 19.2. The quantitative estimate of drug-likeness (QED) is 0.913. The van der Waals surface area contributed by atoms with Crippen LogP contribution < -0.4 is 5.32 Å². The highest BCUT2D eigenvalue weighted by atomic mass is 16.6. The summed E-state index contributed by atoms with van der Waals surface area (Å²) in [6.45, 7) is 10.6. The first-order chi connectivity index (χ1) is 11.7. The third-order valence-corrected chi connectivity index (χ3v) is 3.94. The van der Waals surface area contributed by atoms with Crippen LogP contribution in [0.5, 0.6) is 0 Å². The van der Waals surface area contributed by atoms with Crippen molar-refractivity contribution in [2.45, 2.75) is 39.7 Å². The average Bonchev–Trinajstić information content (AvgIpc) is 2.73. The minimum Gasteiger partial charge on any atom is -0.444 e. The van der Waals surface area contributed by atoms with Gasteiger partial charge < -0.3 is 15.0 Å². The van der Waals surface area contributed by atoms with Crippen molar-refractivity contribution in [3.8, 4) is 0 Å². The molecule has 1 saturated heterocycles. The van der Waals surface area contributed by atoms with Gasteiger partial charge in [0, 0.05) is 31.9 Å². The molecule has 1 aromatic carbocycles. The molecule has 0 bridgehead atoms. The number of amides is 2. The summed E-state index contributed by atoms with van der Waals surface area (Å²) in [5.41, 5.74) is 1.48. The number of hydrogen-bond acceptors (Lipinski definition) is 4. The second-order valence-electron chi connectivity index (χ2n) is 7.51. The van der Waals surface area contributed by atoms with E-state index in [1.54, 1.807) is 4.90 Å². The van der Waals surface area contributed by atoms with E-state index in [1.807, 2.05) is 52.0 Å². The predicted molar refractivity (Wildman–Crippen MR) is 98.7 cm³/mol. The maximum atomic E-state index is 12.2. The van der Waals surface area contributed by atoms with Crippen molar-refractivity contribution >= 4 is 17.7 Å². The minimum absolute atomic E-state index is 0.0328. The number of carbonyl (C=O) groups is 2. The fourth-order valence-corrected chi connectivity index (χ4v) is 2.68. The molecule has 6 nitrogen and oxygen atoms in total. The summed E-state index contributed by atoms with van der Waals surface area (Å²) in [6, 6.07) is 7.75. The standard InChI is InChI=1S/C19H29N3O3/c1-15-6-8-16(9-7-15)20-17(23)14-21-10-5-11-22(13-12-21)18(24)25-19(2,3)4/h6-9H,5,10-14H2,1-4H3,(H,20,23). The van der Waals surface area contributed by atoms with Gasteiger partial charge in [0.25, 0.3) is 0 Å². The van der Waals surface area contributed by atoms with E-state index < -0.39 is 5.60 Å². The van der Waals surface area contributed by atoms with Gasteiger partial charge in [0.05, 0.1) is 6.54 Å². The normalized spacial score (nSPS) is 16.2. The van der Waals surface area contributed by atoms with E-state index in [-0.39, 0.29) is 12.0 Å². The fraction of sp³-hybridized carbons (Fsp3) is 0.579. The SMILES string of the molecule is Cc1ccc(NC(=O)CN2CCCN(C(=O)OC(C)(C)C)CC2)cc1. The predicted octanol–water partition coefficient (Wildman–Crippen LogP) is 2.88. The number of ether oxygens (including phenoxy) is 1. The lowest BCUT2D eigenvalue weighted by Gasteiger charge is -2.26. The Kier molecular flexibility index (Phi) is 6.42. The Morgan fingerprint density at radius 3 is 2.40 bits per heavy atom. The highest BCUT2D eigenvalue weighted by molar-refractivity contribution is 5.92. The van der Waals surface area contributed by atoms with Gasteiger partial charge in [-0.1, -0.05) is 17.7 Å². The van der Waals surface area contributed by atoms with Crippen LogP contribution in [0.15, 0.2) is 24.3 Å². The van der Waals surface area contributed by atoms with E-state index in [1.165, 1.54) is 0 Å². The number of anilines is 1. The molecule has 1 heterocycles. The molecule has 6 heteroatoms. The fourth-order valence-electron chi connectivity index (χ4n) is 2.68. The molecule has 1 N–H and O–H groups in total. The van der Waals surface area contributed by atoms with Crippen LogP contribution in [0.4, 0.5) is 10.5 Å². The van der Waals surface area contributed by atoms with Crippen molar-refractivity contribution in [3.63, 3.8) is 0 Å². The molecule has 0 aromatic heterocycles. The van der Waals surface area contributed by atoms with Crippen molar-refractivity contribution in [1.82, 2.24) is 9.80 Å². The Morgan fingerprint density at radius 2 is 1.76 bits per heavy atom. The highest BCUT2D eigenvalue weighted by Gasteiger charge is 2.24. The van der Waals surface area contributed by atoms with E-state index in [9.17, 15) is 9.59 Å². The van der Waals surface area contributed by atoms with Crippen molar-refractivity contribution in [2.75, 3.05) is 38.0 Å². The number of carbonyl (C=O) groups excluding carboxylic acids is 2. The summed E-state index contributed by atoms with van der Waals surface area (Å²) in [4.78, 5) is 28.2. The number of nitrogens with zero attached hydrogens (tertiary/aromatic N) is 2. The molecule has 2 amide bonds. The van der Waals surface area contributed by atoms with E-state index in [0.29, 0.717) is 26.2 Å². The molecule has 1 aliphatic rings. The van der Waals surface area contributed by atoms with Crippen LogP contribution in [0.2, 0.25) is 0 Å². The zero-order valence-corrected chi connectivity index (χ0v) is 15.7. The number of hydrogen-bond donors (Lipinski definition) is 1. The van der Waals surface area contributed by atoms with Crippen LogP contribution in [0.1, 0.15) is 32.8 Å². The van der Waals surface area contributed by atoms with Crippen LogP contribution in [0.3, 0.4) is 0 Å². The summed E-state index contributed by atoms with van der Waals surface area (Å²) in [6.07, 6.45) is 0.551. The molecule has 25 heavy (non-hydrogen) atoms. The summed E-state index contributed by atoms with van der Waals surface area (Å²) < 4.78 is 5.43. The molecule has 0 radical (unpaired) electrons. The van der Waals surface area contributed by atoms with Gasteiger partial charge in [-0.05, 0) is 46.2 Å². The molecular formula is C19H29N3O3. The van der Waals surface area contributed by atoms with Gasteiger partial charge in [-0.2, -0.15) is 0 Å². The molecule has 0 saturated carbocycles. The maximum absolute atomic E-state index is 12.2. The van der Waals surface area contributed by atoms with Crippen LogP contribution >= 0.6 is 0 Å². The lowest BCUT2D eigenvalue weighted by molar-refractivity contribution is -0.117. The Labute approximate surface area is 150 Å². The minimum atomic E-state index is -0.489. The van der Waals surface area contributed by atoms with Gasteiger partial charge in [-0.3, -0.25) is 9.69 Å². The van der Waals surface area contributed by atoms with Crippen molar-refractivity contribution in [1.29, 1.82) is 0 Å². The second-order valence-corrected chi connectivity index (χ2v) is 7.51. The van der Waals surface area contributed by atoms with Crippen LogP contribution in [0, 0.1) is 6.92 Å². The van der Waals surface area contributed by atoms with Gasteiger partial charge in [0.15, 0.2) is 0 Å². The molecule has 0 atom stereocenters. The smallest absolute Gasteiger partial charge is 0.410 e. The van der Waals surface area contributed by atoms with E-state index in [0.717, 1.165) is 24.2 Å². The summed E-state index contributed by atoms with van der Waals surface area (Å²) in [5.74, 6) is -0.0328. The van der Waals surface area contributed by atoms with E-state index in [2.05, 4.69) is 10.2 Å². The van der Waals surface area contributed by atoms with Crippen LogP contribution in [-0.2, 0) is 9.53 Å². The lowest BCUT2D eigenvalue weighted by atomic mass is 10.2. The maximum Gasteiger partial charge on any atom is 0.410 e. The molecule has 2 rings (SSSR count). The summed E-state index contributed by atoms with van der Waals surface area (Å²) in [7, 11) is 0. The first-order valence-electron chi connectivity index (χ1n) is 8.80. The van der Waals surface area contributed by atoms with Gasteiger partial charge in [-0.15, -0.1) is 0 Å². The molecule has 0 unspecified atom stereocenters. The molecule has 0 aliphatic carbocycles. The summed E-state index contributed by atoms with van der Waals surface area (Å²) in [5, 5.41) is 2.92. The largest absolute Gasteiger partial charge is 0.444 e. The molecule has 0 spiro atoms. The Morgan fingerprint density at radius 1 is 1.08 bits per heavy atom. The van der Waals surface area contributed by atoms with Gasteiger partial charge >= 0.3 is 6.09 Å². The first-order valence-corrected chi connectivity index (χ1v) is 8.80. The Hall–Kier alpha value is -2.08. The second kappa shape index (κ2) is 8.34. The van der Waals surface area contributed by atoms with Gasteiger partial charge in [-0.25, -0.2) is 4.79 Å². The summed E-state index contributed by atoms with van der Waals surface area (Å²) >= 11 is 0. The van der Waals surface area contributed by atoms with E-state index in [4.69, 9.17) is 4.74 Å². The van der Waals surface area contributed by atoms with Gasteiger partial charge in [0.2, 0.25) is 5.91 Å². The molecule has 1 fully saturated rings. The number of aryl methyl sites for hydroxylation is 1. The van der Waals surface area contributed by atoms with Gasteiger partial charge in [0.1, 0.15) is 5.60 Å². The van der Waals surface area contributed by atoms with Crippen LogP contribution in [0.25, 0.3) is 0 Å². The number of benzene rings is 1. The molecule has 1 aliphatic heterocycles. The van der Waals surface area contributed by atoms with Crippen molar-refractivity contribution in [2.24, 2.45) is 0 Å². The highest BCUT2D eigenvalue weighted by Crippen LogP contribution is 2.13. The lowest BCUT2D eigenvalue weighted by Crippen LogP contribution is -2.40. The number of rotatable bonds is 3. The third-order valence-electron chi connectivity index (χ3n) is 3.94. The molecular weight excluding hydrogens is 318 g/mol. The number of nitrogens with one attached hydrogen (secondary N) is 1. The third kappa shape index (κ3) is 6.74. The van der Waals surface area contributed by atoms with Crippen molar-refractivity contribution in [3.05, 3.63) is 29.8 Å². The van der Waals surface area contributed by atoms with Crippen LogP contribution in [-0.4, -0.2) is 60.1 Å². The topological polar surface area (TPSA) is 61.9 Å². The van der Waals surface area contributed by atoms with Crippen molar-refractivity contribution < 1.29 is 14.3 Å². The zero-order chi connectivity index (χ0) is 18.4. The molecule has 1 aromatic rings. The van der Waals surface area contributed by atoms with E-state index >= 15 is 0 Å². The zero-order valence-electron chi connectivity index (χ0n) is 15.7. The molecule has 138 valence electrons. The Balaban J connectivity index is 1.81. The Bertz CT molecular complexity index is 593. The average molecular weight is 347 g/mol. The monoisotopic (exact) mass is 347 g/mol.